The van der Waals surface area contributed by atoms with E-state index in [9.17, 15) is 4.79 Å². The Balaban J connectivity index is 1.37. The molecule has 134 valence electrons. The topological polar surface area (TPSA) is 93.5 Å². The molecular formula is C18H23N3O4. The summed E-state index contributed by atoms with van der Waals surface area (Å²) in [6.45, 7) is 1.31. The second kappa shape index (κ2) is 8.67. The quantitative estimate of drug-likeness (QED) is 0.901. The molecule has 1 aliphatic heterocycles. The molecule has 2 aliphatic rings. The molecule has 0 atom stereocenters. The SMILES string of the molecule is N#Cc1ccc(OC2CCC(NC(=O)OC3CCOCC3)CC2)nc1. The van der Waals surface area contributed by atoms with Gasteiger partial charge in [0.05, 0.1) is 18.8 Å². The van der Waals surface area contributed by atoms with E-state index in [2.05, 4.69) is 10.3 Å². The summed E-state index contributed by atoms with van der Waals surface area (Å²) in [5.41, 5.74) is 0.517. The lowest BCUT2D eigenvalue weighted by molar-refractivity contribution is -0.0000339. The normalized spacial score (nSPS) is 24.1. The van der Waals surface area contributed by atoms with Gasteiger partial charge in [0.1, 0.15) is 18.3 Å². The summed E-state index contributed by atoms with van der Waals surface area (Å²) in [6.07, 6.45) is 6.18. The minimum Gasteiger partial charge on any atom is -0.474 e. The van der Waals surface area contributed by atoms with Gasteiger partial charge in [-0.2, -0.15) is 5.26 Å². The molecule has 1 saturated heterocycles. The van der Waals surface area contributed by atoms with Crippen molar-refractivity contribution < 1.29 is 19.0 Å². The molecule has 1 aromatic heterocycles. The van der Waals surface area contributed by atoms with Crippen LogP contribution in [0.4, 0.5) is 4.79 Å². The smallest absolute Gasteiger partial charge is 0.407 e. The number of ether oxygens (including phenoxy) is 3. The maximum Gasteiger partial charge on any atom is 0.407 e. The number of aromatic nitrogens is 1. The number of nitrogens with zero attached hydrogens (tertiary/aromatic N) is 2. The predicted octanol–water partition coefficient (Wildman–Crippen LogP) is 2.55. The molecule has 0 unspecified atom stereocenters. The van der Waals surface area contributed by atoms with E-state index in [1.165, 1.54) is 6.20 Å². The Kier molecular flexibility index (Phi) is 6.07. The number of amides is 1. The minimum atomic E-state index is -0.329. The standard InChI is InChI=1S/C18H23N3O4/c19-11-13-1-6-17(20-12-13)24-15-4-2-14(3-5-15)21-18(22)25-16-7-9-23-10-8-16/h1,6,12,14-16H,2-5,7-10H2,(H,21,22). The van der Waals surface area contributed by atoms with Gasteiger partial charge < -0.3 is 19.5 Å². The van der Waals surface area contributed by atoms with Crippen LogP contribution in [-0.2, 0) is 9.47 Å². The highest BCUT2D eigenvalue weighted by Crippen LogP contribution is 2.23. The van der Waals surface area contributed by atoms with Crippen molar-refractivity contribution in [1.82, 2.24) is 10.3 Å². The molecule has 0 bridgehead atoms. The van der Waals surface area contributed by atoms with Gasteiger partial charge in [-0.3, -0.25) is 0 Å². The molecule has 1 amide bonds. The minimum absolute atomic E-state index is 0.0316. The van der Waals surface area contributed by atoms with Crippen molar-refractivity contribution in [3.63, 3.8) is 0 Å². The van der Waals surface area contributed by atoms with Crippen LogP contribution < -0.4 is 10.1 Å². The van der Waals surface area contributed by atoms with Crippen molar-refractivity contribution in [2.24, 2.45) is 0 Å². The van der Waals surface area contributed by atoms with Gasteiger partial charge >= 0.3 is 6.09 Å². The van der Waals surface area contributed by atoms with Crippen LogP contribution in [-0.4, -0.2) is 42.5 Å². The monoisotopic (exact) mass is 345 g/mol. The maximum absolute atomic E-state index is 12.0. The van der Waals surface area contributed by atoms with Crippen LogP contribution in [0.1, 0.15) is 44.1 Å². The van der Waals surface area contributed by atoms with E-state index in [0.29, 0.717) is 24.7 Å². The van der Waals surface area contributed by atoms with Crippen LogP contribution in [0.25, 0.3) is 0 Å². The second-order valence-corrected chi connectivity index (χ2v) is 6.45. The number of rotatable bonds is 4. The Morgan fingerprint density at radius 2 is 1.92 bits per heavy atom. The van der Waals surface area contributed by atoms with E-state index in [1.807, 2.05) is 6.07 Å². The van der Waals surface area contributed by atoms with E-state index in [1.54, 1.807) is 12.1 Å². The number of carbonyl (C=O) groups is 1. The molecule has 0 aromatic carbocycles. The number of nitrogens with one attached hydrogen (secondary N) is 1. The molecule has 1 aliphatic carbocycles. The number of hydrogen-bond donors (Lipinski definition) is 1. The first-order chi connectivity index (χ1) is 12.2. The van der Waals surface area contributed by atoms with Crippen molar-refractivity contribution in [1.29, 1.82) is 5.26 Å². The molecule has 0 radical (unpaired) electrons. The third-order valence-electron chi connectivity index (χ3n) is 4.59. The molecule has 2 heterocycles. The van der Waals surface area contributed by atoms with Gasteiger partial charge in [0.15, 0.2) is 0 Å². The van der Waals surface area contributed by atoms with Crippen molar-refractivity contribution in [2.45, 2.75) is 56.8 Å². The molecule has 7 nitrogen and oxygen atoms in total. The van der Waals surface area contributed by atoms with Gasteiger partial charge in [-0.25, -0.2) is 9.78 Å². The summed E-state index contributed by atoms with van der Waals surface area (Å²) in [5, 5.41) is 11.7. The molecule has 1 saturated carbocycles. The molecule has 2 fully saturated rings. The van der Waals surface area contributed by atoms with Crippen LogP contribution in [0.3, 0.4) is 0 Å². The van der Waals surface area contributed by atoms with Gasteiger partial charge in [-0.1, -0.05) is 0 Å². The Bertz CT molecular complexity index is 600. The molecule has 7 heteroatoms. The highest BCUT2D eigenvalue weighted by atomic mass is 16.6. The maximum atomic E-state index is 12.0. The Hall–Kier alpha value is -2.33. The first-order valence-corrected chi connectivity index (χ1v) is 8.80. The van der Waals surface area contributed by atoms with E-state index in [-0.39, 0.29) is 24.3 Å². The summed E-state index contributed by atoms with van der Waals surface area (Å²) in [5.74, 6) is 0.536. The molecule has 1 aromatic rings. The zero-order valence-electron chi connectivity index (χ0n) is 14.1. The third-order valence-corrected chi connectivity index (χ3v) is 4.59. The fourth-order valence-electron chi connectivity index (χ4n) is 3.16. The average molecular weight is 345 g/mol. The van der Waals surface area contributed by atoms with Crippen LogP contribution in [0.15, 0.2) is 18.3 Å². The highest BCUT2D eigenvalue weighted by molar-refractivity contribution is 5.67. The van der Waals surface area contributed by atoms with Gasteiger partial charge in [0.25, 0.3) is 0 Å². The summed E-state index contributed by atoms with van der Waals surface area (Å²) in [7, 11) is 0. The number of pyridine rings is 1. The summed E-state index contributed by atoms with van der Waals surface area (Å²) >= 11 is 0. The van der Waals surface area contributed by atoms with Crippen LogP contribution in [0.2, 0.25) is 0 Å². The lowest BCUT2D eigenvalue weighted by Gasteiger charge is -2.30. The summed E-state index contributed by atoms with van der Waals surface area (Å²) in [4.78, 5) is 16.1. The van der Waals surface area contributed by atoms with Crippen molar-refractivity contribution in [2.75, 3.05) is 13.2 Å². The first kappa shape index (κ1) is 17.5. The molecular weight excluding hydrogens is 322 g/mol. The van der Waals surface area contributed by atoms with E-state index < -0.39 is 0 Å². The van der Waals surface area contributed by atoms with Gasteiger partial charge in [-0.05, 0) is 31.7 Å². The molecule has 25 heavy (non-hydrogen) atoms. The largest absolute Gasteiger partial charge is 0.474 e. The van der Waals surface area contributed by atoms with Gasteiger partial charge in [0.2, 0.25) is 5.88 Å². The number of alkyl carbamates (subject to hydrolysis) is 1. The molecule has 1 N–H and O–H groups in total. The van der Waals surface area contributed by atoms with Crippen LogP contribution >= 0.6 is 0 Å². The molecule has 0 spiro atoms. The number of carbonyl (C=O) groups excluding carboxylic acids is 1. The van der Waals surface area contributed by atoms with E-state index in [4.69, 9.17) is 19.5 Å². The second-order valence-electron chi connectivity index (χ2n) is 6.45. The van der Waals surface area contributed by atoms with Gasteiger partial charge in [0, 0.05) is 31.1 Å². The van der Waals surface area contributed by atoms with Gasteiger partial charge in [-0.15, -0.1) is 0 Å². The zero-order chi connectivity index (χ0) is 17.5. The Morgan fingerprint density at radius 3 is 2.56 bits per heavy atom. The predicted molar refractivity (Wildman–Crippen MR) is 89.1 cm³/mol. The number of hydrogen-bond acceptors (Lipinski definition) is 6. The fraction of sp³-hybridized carbons (Fsp3) is 0.611. The number of nitriles is 1. The van der Waals surface area contributed by atoms with Crippen LogP contribution in [0.5, 0.6) is 5.88 Å². The van der Waals surface area contributed by atoms with Crippen molar-refractivity contribution in [3.05, 3.63) is 23.9 Å². The lowest BCUT2D eigenvalue weighted by Crippen LogP contribution is -2.41. The average Bonchev–Trinajstić information content (AvgIpc) is 2.65. The van der Waals surface area contributed by atoms with E-state index in [0.717, 1.165) is 38.5 Å². The van der Waals surface area contributed by atoms with Crippen molar-refractivity contribution >= 4 is 6.09 Å². The summed E-state index contributed by atoms with van der Waals surface area (Å²) < 4.78 is 16.6. The first-order valence-electron chi connectivity index (χ1n) is 8.80. The third kappa shape index (κ3) is 5.33. The van der Waals surface area contributed by atoms with Crippen molar-refractivity contribution in [3.8, 4) is 11.9 Å². The summed E-state index contributed by atoms with van der Waals surface area (Å²) in [6, 6.07) is 5.57. The Labute approximate surface area is 147 Å². The fourth-order valence-corrected chi connectivity index (χ4v) is 3.16. The zero-order valence-corrected chi connectivity index (χ0v) is 14.1. The molecule has 3 rings (SSSR count). The Morgan fingerprint density at radius 1 is 1.16 bits per heavy atom. The van der Waals surface area contributed by atoms with E-state index >= 15 is 0 Å². The van der Waals surface area contributed by atoms with Crippen LogP contribution in [0, 0.1) is 11.3 Å². The highest BCUT2D eigenvalue weighted by Gasteiger charge is 2.25. The lowest BCUT2D eigenvalue weighted by atomic mass is 9.93.